The van der Waals surface area contributed by atoms with Crippen LogP contribution in [0.5, 0.6) is 5.75 Å². The summed E-state index contributed by atoms with van der Waals surface area (Å²) in [5.41, 5.74) is 1.63. The van der Waals surface area contributed by atoms with E-state index in [2.05, 4.69) is 26.6 Å². The van der Waals surface area contributed by atoms with Crippen LogP contribution in [0.2, 0.25) is 5.02 Å². The maximum Gasteiger partial charge on any atom is 0.258 e. The molecule has 0 unspecified atom stereocenters. The molecule has 2 rings (SSSR count). The number of ether oxygens (including phenoxy) is 1. The Hall–Kier alpha value is -2.05. The van der Waals surface area contributed by atoms with Gasteiger partial charge in [0.2, 0.25) is 5.91 Å². The van der Waals surface area contributed by atoms with Crippen LogP contribution < -0.4 is 15.4 Å². The Labute approximate surface area is 153 Å². The number of carbonyl (C=O) groups excluding carboxylic acids is 2. The highest BCUT2D eigenvalue weighted by Crippen LogP contribution is 2.20. The fourth-order valence-corrected chi connectivity index (χ4v) is 2.55. The number of anilines is 1. The number of aryl methyl sites for hydroxylation is 1. The van der Waals surface area contributed by atoms with Crippen molar-refractivity contribution < 1.29 is 14.3 Å². The normalized spacial score (nSPS) is 10.1. The molecule has 2 N–H and O–H groups in total. The Kier molecular flexibility index (Phi) is 6.63. The summed E-state index contributed by atoms with van der Waals surface area (Å²) in [4.78, 5) is 23.6. The lowest BCUT2D eigenvalue weighted by molar-refractivity contribution is -0.125. The molecule has 0 bridgehead atoms. The summed E-state index contributed by atoms with van der Waals surface area (Å²) in [6, 6.07) is 12.3. The lowest BCUT2D eigenvalue weighted by atomic mass is 10.2. The Morgan fingerprint density at radius 1 is 1.17 bits per heavy atom. The Balaban J connectivity index is 1.75. The predicted molar refractivity (Wildman–Crippen MR) is 97.5 cm³/mol. The minimum absolute atomic E-state index is 0.132. The van der Waals surface area contributed by atoms with Crippen molar-refractivity contribution >= 4 is 45.0 Å². The standard InChI is InChI=1S/C17H16BrClN2O3/c1-11-7-12(18)5-6-15(11)21-16(22)9-20-17(23)10-24-14-4-2-3-13(19)8-14/h2-8H,9-10H2,1H3,(H,20,23)(H,21,22). The van der Waals surface area contributed by atoms with E-state index < -0.39 is 5.91 Å². The van der Waals surface area contributed by atoms with E-state index in [0.29, 0.717) is 16.5 Å². The van der Waals surface area contributed by atoms with E-state index in [9.17, 15) is 9.59 Å². The van der Waals surface area contributed by atoms with Crippen molar-refractivity contribution in [1.82, 2.24) is 5.32 Å². The van der Waals surface area contributed by atoms with Gasteiger partial charge in [-0.2, -0.15) is 0 Å². The molecule has 0 aliphatic rings. The first-order valence-corrected chi connectivity index (χ1v) is 8.32. The number of rotatable bonds is 6. The van der Waals surface area contributed by atoms with Crippen LogP contribution in [-0.4, -0.2) is 25.0 Å². The van der Waals surface area contributed by atoms with Gasteiger partial charge in [0.15, 0.2) is 6.61 Å². The molecule has 0 heterocycles. The van der Waals surface area contributed by atoms with Crippen molar-refractivity contribution in [3.63, 3.8) is 0 Å². The second-order valence-corrected chi connectivity index (χ2v) is 6.38. The third-order valence-electron chi connectivity index (χ3n) is 3.07. The molecule has 7 heteroatoms. The van der Waals surface area contributed by atoms with Gasteiger partial charge in [-0.15, -0.1) is 0 Å². The molecule has 24 heavy (non-hydrogen) atoms. The molecule has 2 aromatic rings. The summed E-state index contributed by atoms with van der Waals surface area (Å²) in [7, 11) is 0. The molecule has 0 atom stereocenters. The van der Waals surface area contributed by atoms with Crippen LogP contribution in [0.15, 0.2) is 46.9 Å². The highest BCUT2D eigenvalue weighted by atomic mass is 79.9. The number of benzene rings is 2. The fraction of sp³-hybridized carbons (Fsp3) is 0.176. The van der Waals surface area contributed by atoms with Crippen molar-refractivity contribution in [2.45, 2.75) is 6.92 Å². The molecule has 0 spiro atoms. The quantitative estimate of drug-likeness (QED) is 0.764. The van der Waals surface area contributed by atoms with Crippen LogP contribution in [0.1, 0.15) is 5.56 Å². The zero-order valence-corrected chi connectivity index (χ0v) is 15.3. The van der Waals surface area contributed by atoms with Gasteiger partial charge in [0.25, 0.3) is 5.91 Å². The summed E-state index contributed by atoms with van der Waals surface area (Å²) in [5, 5.41) is 5.77. The van der Waals surface area contributed by atoms with Crippen LogP contribution in [-0.2, 0) is 9.59 Å². The first-order valence-electron chi connectivity index (χ1n) is 7.15. The number of hydrogen-bond acceptors (Lipinski definition) is 3. The van der Waals surface area contributed by atoms with Gasteiger partial charge in [-0.1, -0.05) is 33.6 Å². The SMILES string of the molecule is Cc1cc(Br)ccc1NC(=O)CNC(=O)COc1cccc(Cl)c1. The molecule has 0 aliphatic heterocycles. The minimum atomic E-state index is -0.391. The lowest BCUT2D eigenvalue weighted by Gasteiger charge is -2.10. The van der Waals surface area contributed by atoms with E-state index in [4.69, 9.17) is 16.3 Å². The maximum absolute atomic E-state index is 11.9. The molecule has 5 nitrogen and oxygen atoms in total. The molecule has 0 saturated heterocycles. The molecule has 2 amide bonds. The average molecular weight is 412 g/mol. The average Bonchev–Trinajstić information content (AvgIpc) is 2.54. The van der Waals surface area contributed by atoms with Crippen molar-refractivity contribution in [2.75, 3.05) is 18.5 Å². The highest BCUT2D eigenvalue weighted by Gasteiger charge is 2.08. The first kappa shape index (κ1) is 18.3. The molecular formula is C17H16BrClN2O3. The van der Waals surface area contributed by atoms with E-state index in [0.717, 1.165) is 10.0 Å². The van der Waals surface area contributed by atoms with E-state index in [-0.39, 0.29) is 19.1 Å². The minimum Gasteiger partial charge on any atom is -0.484 e. The molecule has 126 valence electrons. The molecule has 0 aromatic heterocycles. The Morgan fingerprint density at radius 2 is 1.96 bits per heavy atom. The third-order valence-corrected chi connectivity index (χ3v) is 3.80. The summed E-state index contributed by atoms with van der Waals surface area (Å²) >= 11 is 9.19. The molecule has 0 aliphatic carbocycles. The second kappa shape index (κ2) is 8.70. The first-order chi connectivity index (χ1) is 11.4. The van der Waals surface area contributed by atoms with Crippen molar-refractivity contribution in [2.24, 2.45) is 0 Å². The highest BCUT2D eigenvalue weighted by molar-refractivity contribution is 9.10. The number of amides is 2. The monoisotopic (exact) mass is 410 g/mol. The maximum atomic E-state index is 11.9. The van der Waals surface area contributed by atoms with Gasteiger partial charge in [0.05, 0.1) is 6.54 Å². The molecule has 0 fully saturated rings. The van der Waals surface area contributed by atoms with Crippen molar-refractivity contribution in [3.8, 4) is 5.75 Å². The largest absolute Gasteiger partial charge is 0.484 e. The molecule has 0 saturated carbocycles. The van der Waals surface area contributed by atoms with Crippen LogP contribution in [0.4, 0.5) is 5.69 Å². The van der Waals surface area contributed by atoms with Gasteiger partial charge < -0.3 is 15.4 Å². The van der Waals surface area contributed by atoms with Crippen LogP contribution >= 0.6 is 27.5 Å². The molecule has 0 radical (unpaired) electrons. The predicted octanol–water partition coefficient (Wildman–Crippen LogP) is 3.54. The van der Waals surface area contributed by atoms with E-state index in [1.807, 2.05) is 19.1 Å². The van der Waals surface area contributed by atoms with E-state index in [1.54, 1.807) is 30.3 Å². The van der Waals surface area contributed by atoms with Crippen LogP contribution in [0.3, 0.4) is 0 Å². The third kappa shape index (κ3) is 5.86. The Morgan fingerprint density at radius 3 is 2.67 bits per heavy atom. The summed E-state index contributed by atoms with van der Waals surface area (Å²) in [6.07, 6.45) is 0. The van der Waals surface area contributed by atoms with Crippen molar-refractivity contribution in [1.29, 1.82) is 0 Å². The summed E-state index contributed by atoms with van der Waals surface area (Å²) < 4.78 is 6.23. The van der Waals surface area contributed by atoms with E-state index >= 15 is 0 Å². The number of carbonyl (C=O) groups is 2. The summed E-state index contributed by atoms with van der Waals surface area (Å²) in [5.74, 6) is -0.207. The topological polar surface area (TPSA) is 67.4 Å². The zero-order chi connectivity index (χ0) is 17.5. The van der Waals surface area contributed by atoms with Gasteiger partial charge in [-0.25, -0.2) is 0 Å². The molecule has 2 aromatic carbocycles. The van der Waals surface area contributed by atoms with Gasteiger partial charge in [-0.05, 0) is 48.9 Å². The van der Waals surface area contributed by atoms with Gasteiger partial charge >= 0.3 is 0 Å². The van der Waals surface area contributed by atoms with E-state index in [1.165, 1.54) is 0 Å². The number of hydrogen-bond donors (Lipinski definition) is 2. The zero-order valence-electron chi connectivity index (χ0n) is 12.9. The van der Waals surface area contributed by atoms with Gasteiger partial charge in [0, 0.05) is 15.2 Å². The summed E-state index contributed by atoms with van der Waals surface area (Å²) in [6.45, 7) is 1.57. The van der Waals surface area contributed by atoms with Gasteiger partial charge in [-0.3, -0.25) is 9.59 Å². The lowest BCUT2D eigenvalue weighted by Crippen LogP contribution is -2.35. The smallest absolute Gasteiger partial charge is 0.258 e. The second-order valence-electron chi connectivity index (χ2n) is 5.03. The number of nitrogens with one attached hydrogen (secondary N) is 2. The van der Waals surface area contributed by atoms with Crippen molar-refractivity contribution in [3.05, 3.63) is 57.5 Å². The van der Waals surface area contributed by atoms with Gasteiger partial charge in [0.1, 0.15) is 5.75 Å². The van der Waals surface area contributed by atoms with Crippen LogP contribution in [0.25, 0.3) is 0 Å². The Bertz CT molecular complexity index is 752. The fourth-order valence-electron chi connectivity index (χ4n) is 1.90. The van der Waals surface area contributed by atoms with Crippen LogP contribution in [0, 0.1) is 6.92 Å². The molecular weight excluding hydrogens is 396 g/mol. The number of halogens is 2.